The van der Waals surface area contributed by atoms with E-state index in [1.54, 1.807) is 6.92 Å². The summed E-state index contributed by atoms with van der Waals surface area (Å²) in [6.07, 6.45) is 0.525. The molecule has 0 saturated carbocycles. The highest BCUT2D eigenvalue weighted by Gasteiger charge is 2.02. The van der Waals surface area contributed by atoms with Crippen LogP contribution in [0.15, 0.2) is 24.3 Å². The quantitative estimate of drug-likeness (QED) is 0.732. The molecule has 3 N–H and O–H groups in total. The van der Waals surface area contributed by atoms with E-state index in [0.717, 1.165) is 30.8 Å². The van der Waals surface area contributed by atoms with Crippen LogP contribution in [-0.2, 0) is 0 Å². The van der Waals surface area contributed by atoms with Gasteiger partial charge in [0.05, 0.1) is 12.6 Å². The molecule has 110 valence electrons. The van der Waals surface area contributed by atoms with Crippen molar-refractivity contribution in [1.82, 2.24) is 4.90 Å². The maximum absolute atomic E-state index is 9.23. The van der Waals surface area contributed by atoms with Crippen molar-refractivity contribution in [3.63, 3.8) is 0 Å². The Hall–Kier alpha value is -1.54. The third-order valence-electron chi connectivity index (χ3n) is 2.84. The topological polar surface area (TPSA) is 58.7 Å². The zero-order valence-electron chi connectivity index (χ0n) is 12.3. The normalized spacial score (nSPS) is 11.8. The van der Waals surface area contributed by atoms with Gasteiger partial charge in [-0.15, -0.1) is 0 Å². The molecule has 0 fully saturated rings. The summed E-state index contributed by atoms with van der Waals surface area (Å²) < 4.78 is 5.70. The molecule has 0 radical (unpaired) electrons. The van der Waals surface area contributed by atoms with Crippen LogP contribution in [0.4, 0.5) is 0 Å². The molecule has 0 heterocycles. The Bertz CT molecular complexity index is 449. The zero-order valence-corrected chi connectivity index (χ0v) is 12.3. The molecule has 0 aliphatic carbocycles. The Kier molecular flexibility index (Phi) is 7.74. The third kappa shape index (κ3) is 7.15. The summed E-state index contributed by atoms with van der Waals surface area (Å²) in [5.41, 5.74) is 6.26. The van der Waals surface area contributed by atoms with Gasteiger partial charge in [0, 0.05) is 18.7 Å². The molecule has 0 spiro atoms. The Balaban J connectivity index is 2.34. The minimum Gasteiger partial charge on any atom is -0.492 e. The molecule has 1 rings (SSSR count). The Morgan fingerprint density at radius 1 is 1.40 bits per heavy atom. The van der Waals surface area contributed by atoms with E-state index in [9.17, 15) is 5.11 Å². The number of benzene rings is 1. The molecule has 0 aliphatic heterocycles. The van der Waals surface area contributed by atoms with Gasteiger partial charge < -0.3 is 20.5 Å². The van der Waals surface area contributed by atoms with E-state index in [2.05, 4.69) is 16.7 Å². The number of hydrogen-bond donors (Lipinski definition) is 2. The summed E-state index contributed by atoms with van der Waals surface area (Å²) in [6, 6.07) is 7.69. The van der Waals surface area contributed by atoms with Crippen molar-refractivity contribution in [2.24, 2.45) is 5.73 Å². The highest BCUT2D eigenvalue weighted by atomic mass is 16.5. The Morgan fingerprint density at radius 3 is 2.90 bits per heavy atom. The van der Waals surface area contributed by atoms with Gasteiger partial charge in [-0.3, -0.25) is 0 Å². The summed E-state index contributed by atoms with van der Waals surface area (Å²) in [5, 5.41) is 9.23. The second-order valence-corrected chi connectivity index (χ2v) is 4.82. The van der Waals surface area contributed by atoms with Crippen molar-refractivity contribution in [1.29, 1.82) is 0 Å². The highest BCUT2D eigenvalue weighted by Crippen LogP contribution is 2.12. The number of aliphatic hydroxyl groups is 1. The van der Waals surface area contributed by atoms with E-state index in [-0.39, 0.29) is 6.10 Å². The number of likely N-dealkylation sites (N-methyl/N-ethyl adjacent to an activating group) is 1. The van der Waals surface area contributed by atoms with E-state index in [1.165, 1.54) is 0 Å². The van der Waals surface area contributed by atoms with Crippen LogP contribution in [0.2, 0.25) is 0 Å². The second-order valence-electron chi connectivity index (χ2n) is 4.82. The number of hydrogen-bond acceptors (Lipinski definition) is 4. The summed E-state index contributed by atoms with van der Waals surface area (Å²) >= 11 is 0. The van der Waals surface area contributed by atoms with Crippen molar-refractivity contribution in [2.75, 3.05) is 33.3 Å². The fourth-order valence-corrected chi connectivity index (χ4v) is 1.66. The van der Waals surface area contributed by atoms with Crippen LogP contribution in [0.25, 0.3) is 0 Å². The molecule has 1 aromatic rings. The van der Waals surface area contributed by atoms with Crippen molar-refractivity contribution >= 4 is 0 Å². The van der Waals surface area contributed by atoms with Crippen LogP contribution in [0.5, 0.6) is 5.75 Å². The predicted molar refractivity (Wildman–Crippen MR) is 81.7 cm³/mol. The SMILES string of the molecule is CC(O)CCN(C)CCOc1cccc(C#CCN)c1. The van der Waals surface area contributed by atoms with Crippen LogP contribution in [0.1, 0.15) is 18.9 Å². The first kappa shape index (κ1) is 16.5. The van der Waals surface area contributed by atoms with Gasteiger partial charge in [0.1, 0.15) is 12.4 Å². The van der Waals surface area contributed by atoms with Gasteiger partial charge in [-0.1, -0.05) is 17.9 Å². The monoisotopic (exact) mass is 276 g/mol. The van der Waals surface area contributed by atoms with Gasteiger partial charge in [0.25, 0.3) is 0 Å². The Morgan fingerprint density at radius 2 is 2.20 bits per heavy atom. The average Bonchev–Trinajstić information content (AvgIpc) is 2.43. The van der Waals surface area contributed by atoms with Crippen LogP contribution >= 0.6 is 0 Å². The summed E-state index contributed by atoms with van der Waals surface area (Å²) in [6.45, 7) is 4.47. The number of nitrogens with two attached hydrogens (primary N) is 1. The van der Waals surface area contributed by atoms with E-state index >= 15 is 0 Å². The standard InChI is InChI=1S/C16H24N2O2/c1-14(19)8-10-18(2)11-12-20-16-7-3-5-15(13-16)6-4-9-17/h3,5,7,13-14,19H,8-12,17H2,1-2H3. The molecule has 0 saturated heterocycles. The molecule has 1 aromatic carbocycles. The van der Waals surface area contributed by atoms with E-state index in [4.69, 9.17) is 10.5 Å². The van der Waals surface area contributed by atoms with Crippen molar-refractivity contribution in [3.05, 3.63) is 29.8 Å². The van der Waals surface area contributed by atoms with E-state index < -0.39 is 0 Å². The molecule has 0 amide bonds. The van der Waals surface area contributed by atoms with Gasteiger partial charge in [-0.25, -0.2) is 0 Å². The fourth-order valence-electron chi connectivity index (χ4n) is 1.66. The van der Waals surface area contributed by atoms with Crippen molar-refractivity contribution in [2.45, 2.75) is 19.4 Å². The van der Waals surface area contributed by atoms with Crippen LogP contribution in [-0.4, -0.2) is 49.4 Å². The molecule has 4 nitrogen and oxygen atoms in total. The number of rotatable bonds is 7. The lowest BCUT2D eigenvalue weighted by Crippen LogP contribution is -2.27. The first-order chi connectivity index (χ1) is 9.61. The fraction of sp³-hybridized carbons (Fsp3) is 0.500. The van der Waals surface area contributed by atoms with E-state index in [0.29, 0.717) is 13.2 Å². The number of ether oxygens (including phenoxy) is 1. The largest absolute Gasteiger partial charge is 0.492 e. The van der Waals surface area contributed by atoms with Gasteiger partial charge in [-0.2, -0.15) is 0 Å². The summed E-state index contributed by atoms with van der Waals surface area (Å²) in [5.74, 6) is 6.62. The van der Waals surface area contributed by atoms with Crippen LogP contribution < -0.4 is 10.5 Å². The molecule has 1 atom stereocenters. The molecule has 1 unspecified atom stereocenters. The van der Waals surface area contributed by atoms with Crippen molar-refractivity contribution < 1.29 is 9.84 Å². The first-order valence-corrected chi connectivity index (χ1v) is 6.90. The predicted octanol–water partition coefficient (Wildman–Crippen LogP) is 1.08. The molecule has 0 bridgehead atoms. The molecule has 0 aromatic heterocycles. The molecule has 20 heavy (non-hydrogen) atoms. The van der Waals surface area contributed by atoms with Gasteiger partial charge >= 0.3 is 0 Å². The smallest absolute Gasteiger partial charge is 0.120 e. The number of nitrogens with zero attached hydrogens (tertiary/aromatic N) is 1. The lowest BCUT2D eigenvalue weighted by atomic mass is 10.2. The first-order valence-electron chi connectivity index (χ1n) is 6.90. The maximum Gasteiger partial charge on any atom is 0.120 e. The zero-order chi connectivity index (χ0) is 14.8. The lowest BCUT2D eigenvalue weighted by molar-refractivity contribution is 0.157. The van der Waals surface area contributed by atoms with Gasteiger partial charge in [0.2, 0.25) is 0 Å². The number of aliphatic hydroxyl groups excluding tert-OH is 1. The Labute approximate surface area is 121 Å². The lowest BCUT2D eigenvalue weighted by Gasteiger charge is -2.17. The second kappa shape index (κ2) is 9.38. The summed E-state index contributed by atoms with van der Waals surface area (Å²) in [4.78, 5) is 2.14. The van der Waals surface area contributed by atoms with Crippen LogP contribution in [0, 0.1) is 11.8 Å². The molecule has 4 heteroatoms. The van der Waals surface area contributed by atoms with Gasteiger partial charge in [-0.05, 0) is 38.6 Å². The average molecular weight is 276 g/mol. The third-order valence-corrected chi connectivity index (χ3v) is 2.84. The summed E-state index contributed by atoms with van der Waals surface area (Å²) in [7, 11) is 2.02. The molecule has 0 aliphatic rings. The maximum atomic E-state index is 9.23. The minimum atomic E-state index is -0.254. The van der Waals surface area contributed by atoms with Crippen molar-refractivity contribution in [3.8, 4) is 17.6 Å². The minimum absolute atomic E-state index is 0.254. The van der Waals surface area contributed by atoms with Gasteiger partial charge in [0.15, 0.2) is 0 Å². The van der Waals surface area contributed by atoms with E-state index in [1.807, 2.05) is 31.3 Å². The highest BCUT2D eigenvalue weighted by molar-refractivity contribution is 5.39. The molecular formula is C16H24N2O2. The molecular weight excluding hydrogens is 252 g/mol. The van der Waals surface area contributed by atoms with Crippen LogP contribution in [0.3, 0.4) is 0 Å².